The Morgan fingerprint density at radius 3 is 1.93 bits per heavy atom. The largest absolute Gasteiger partial charge is 0.489 e. The molecule has 0 spiro atoms. The Kier molecular flexibility index (Phi) is 10.2. The first-order chi connectivity index (χ1) is 20.6. The maximum absolute atomic E-state index is 13.4. The second-order valence-electron chi connectivity index (χ2n) is 10.5. The summed E-state index contributed by atoms with van der Waals surface area (Å²) in [5.74, 6) is 0.341. The maximum atomic E-state index is 13.4. The van der Waals surface area contributed by atoms with Gasteiger partial charge in [0.15, 0.2) is 0 Å². The standard InChI is InChI=1S/C35H37N3O4/c39-34(36-23-27-13-15-28(16-14-27)24-38-21-7-8-22-38)33(37-35(40)42-26-30-11-5-2-6-12-30)31-17-19-32(20-18-31)41-25-29-9-3-1-4-10-29/h1-6,9-20,33H,7-8,21-26H2,(H,36,39)(H,37,40)/t33-/m1/s1. The summed E-state index contributed by atoms with van der Waals surface area (Å²) in [5, 5.41) is 5.73. The lowest BCUT2D eigenvalue weighted by molar-refractivity contribution is -0.123. The fourth-order valence-electron chi connectivity index (χ4n) is 4.93. The third kappa shape index (κ3) is 8.69. The molecule has 0 radical (unpaired) electrons. The van der Waals surface area contributed by atoms with Crippen LogP contribution in [0.25, 0.3) is 0 Å². The Bertz CT molecular complexity index is 1400. The van der Waals surface area contributed by atoms with Crippen molar-refractivity contribution in [1.82, 2.24) is 15.5 Å². The average Bonchev–Trinajstić information content (AvgIpc) is 3.55. The second-order valence-corrected chi connectivity index (χ2v) is 10.5. The van der Waals surface area contributed by atoms with Crippen LogP contribution in [0.5, 0.6) is 5.75 Å². The number of nitrogens with zero attached hydrogens (tertiary/aromatic N) is 1. The van der Waals surface area contributed by atoms with E-state index in [9.17, 15) is 9.59 Å². The molecule has 1 saturated heterocycles. The molecule has 0 bridgehead atoms. The van der Waals surface area contributed by atoms with Gasteiger partial charge in [-0.2, -0.15) is 0 Å². The number of benzene rings is 4. The summed E-state index contributed by atoms with van der Waals surface area (Å²) < 4.78 is 11.3. The number of rotatable bonds is 12. The summed E-state index contributed by atoms with van der Waals surface area (Å²) in [4.78, 5) is 28.6. The third-order valence-electron chi connectivity index (χ3n) is 7.29. The summed E-state index contributed by atoms with van der Waals surface area (Å²) in [5.41, 5.74) is 4.80. The molecule has 0 aliphatic carbocycles. The SMILES string of the molecule is O=C(N[C@@H](C(=O)NCc1ccc(CN2CCCC2)cc1)c1ccc(OCc2ccccc2)cc1)OCc1ccccc1. The molecule has 5 rings (SSSR count). The molecule has 216 valence electrons. The quantitative estimate of drug-likeness (QED) is 0.216. The van der Waals surface area contributed by atoms with Gasteiger partial charge in [-0.05, 0) is 65.9 Å². The topological polar surface area (TPSA) is 79.9 Å². The van der Waals surface area contributed by atoms with E-state index in [-0.39, 0.29) is 12.5 Å². The van der Waals surface area contributed by atoms with E-state index in [1.165, 1.54) is 18.4 Å². The van der Waals surface area contributed by atoms with Gasteiger partial charge in [0, 0.05) is 13.1 Å². The van der Waals surface area contributed by atoms with E-state index >= 15 is 0 Å². The predicted molar refractivity (Wildman–Crippen MR) is 163 cm³/mol. The Morgan fingerprint density at radius 2 is 1.29 bits per heavy atom. The lowest BCUT2D eigenvalue weighted by atomic mass is 10.1. The average molecular weight is 564 g/mol. The van der Waals surface area contributed by atoms with E-state index in [1.54, 1.807) is 24.3 Å². The molecule has 2 N–H and O–H groups in total. The second kappa shape index (κ2) is 14.8. The minimum Gasteiger partial charge on any atom is -0.489 e. The Balaban J connectivity index is 1.21. The van der Waals surface area contributed by atoms with Crippen molar-refractivity contribution in [3.8, 4) is 5.75 Å². The van der Waals surface area contributed by atoms with E-state index in [1.807, 2.05) is 72.8 Å². The molecule has 1 aliphatic rings. The monoisotopic (exact) mass is 563 g/mol. The molecule has 0 aromatic heterocycles. The highest BCUT2D eigenvalue weighted by molar-refractivity contribution is 5.86. The molecule has 0 unspecified atom stereocenters. The number of hydrogen-bond donors (Lipinski definition) is 2. The molecule has 1 fully saturated rings. The van der Waals surface area contributed by atoms with Crippen LogP contribution in [0.1, 0.15) is 46.7 Å². The van der Waals surface area contributed by atoms with E-state index in [0.717, 1.165) is 36.3 Å². The van der Waals surface area contributed by atoms with Crippen molar-refractivity contribution in [3.63, 3.8) is 0 Å². The minimum atomic E-state index is -0.939. The van der Waals surface area contributed by atoms with Gasteiger partial charge in [-0.1, -0.05) is 97.1 Å². The molecule has 1 heterocycles. The molecule has 4 aromatic carbocycles. The van der Waals surface area contributed by atoms with Crippen molar-refractivity contribution in [3.05, 3.63) is 137 Å². The molecule has 7 nitrogen and oxygen atoms in total. The van der Waals surface area contributed by atoms with Crippen LogP contribution in [0.3, 0.4) is 0 Å². The van der Waals surface area contributed by atoms with Crippen molar-refractivity contribution in [2.45, 2.75) is 45.2 Å². The van der Waals surface area contributed by atoms with Gasteiger partial charge >= 0.3 is 6.09 Å². The molecular formula is C35H37N3O4. The predicted octanol–water partition coefficient (Wildman–Crippen LogP) is 6.15. The van der Waals surface area contributed by atoms with E-state index < -0.39 is 12.1 Å². The number of nitrogens with one attached hydrogen (secondary N) is 2. The molecule has 7 heteroatoms. The van der Waals surface area contributed by atoms with E-state index in [2.05, 4.69) is 27.7 Å². The van der Waals surface area contributed by atoms with Gasteiger partial charge in [0.2, 0.25) is 5.91 Å². The van der Waals surface area contributed by atoms with Gasteiger partial charge in [0.05, 0.1) is 0 Å². The minimum absolute atomic E-state index is 0.108. The number of carbonyl (C=O) groups excluding carboxylic acids is 2. The Morgan fingerprint density at radius 1 is 0.690 bits per heavy atom. The summed E-state index contributed by atoms with van der Waals surface area (Å²) >= 11 is 0. The number of likely N-dealkylation sites (tertiary alicyclic amines) is 1. The molecule has 4 aromatic rings. The number of hydrogen-bond acceptors (Lipinski definition) is 5. The lowest BCUT2D eigenvalue weighted by Gasteiger charge is -2.19. The summed E-state index contributed by atoms with van der Waals surface area (Å²) in [6, 6.07) is 33.9. The van der Waals surface area contributed by atoms with Crippen LogP contribution in [0.4, 0.5) is 4.79 Å². The van der Waals surface area contributed by atoms with Gasteiger partial charge in [0.1, 0.15) is 25.0 Å². The fourth-order valence-corrected chi connectivity index (χ4v) is 4.93. The Labute approximate surface area is 247 Å². The summed E-state index contributed by atoms with van der Waals surface area (Å²) in [7, 11) is 0. The van der Waals surface area contributed by atoms with Gasteiger partial charge < -0.3 is 20.1 Å². The van der Waals surface area contributed by atoms with E-state index in [0.29, 0.717) is 24.5 Å². The molecule has 0 saturated carbocycles. The van der Waals surface area contributed by atoms with E-state index in [4.69, 9.17) is 9.47 Å². The first kappa shape index (κ1) is 28.9. The van der Waals surface area contributed by atoms with Crippen LogP contribution < -0.4 is 15.4 Å². The van der Waals surface area contributed by atoms with Crippen molar-refractivity contribution < 1.29 is 19.1 Å². The first-order valence-electron chi connectivity index (χ1n) is 14.4. The number of ether oxygens (including phenoxy) is 2. The van der Waals surface area contributed by atoms with Gasteiger partial charge in [-0.25, -0.2) is 4.79 Å². The fraction of sp³-hybridized carbons (Fsp3) is 0.257. The molecule has 42 heavy (non-hydrogen) atoms. The zero-order chi connectivity index (χ0) is 29.0. The molecule has 2 amide bonds. The van der Waals surface area contributed by atoms with Crippen LogP contribution >= 0.6 is 0 Å². The van der Waals surface area contributed by atoms with Crippen LogP contribution in [0.15, 0.2) is 109 Å². The molecule has 1 aliphatic heterocycles. The van der Waals surface area contributed by atoms with Crippen LogP contribution in [-0.4, -0.2) is 30.0 Å². The molecular weight excluding hydrogens is 526 g/mol. The van der Waals surface area contributed by atoms with Crippen molar-refractivity contribution >= 4 is 12.0 Å². The summed E-state index contributed by atoms with van der Waals surface area (Å²) in [6.07, 6.45) is 1.86. The number of carbonyl (C=O) groups is 2. The molecule has 1 atom stereocenters. The highest BCUT2D eigenvalue weighted by Gasteiger charge is 2.24. The highest BCUT2D eigenvalue weighted by Crippen LogP contribution is 2.20. The number of alkyl carbamates (subject to hydrolysis) is 1. The number of amides is 2. The normalized spacial score (nSPS) is 13.7. The van der Waals surface area contributed by atoms with Gasteiger partial charge in [-0.3, -0.25) is 9.69 Å². The zero-order valence-electron chi connectivity index (χ0n) is 23.7. The first-order valence-corrected chi connectivity index (χ1v) is 14.4. The smallest absolute Gasteiger partial charge is 0.408 e. The zero-order valence-corrected chi connectivity index (χ0v) is 23.7. The van der Waals surface area contributed by atoms with Gasteiger partial charge in [-0.15, -0.1) is 0 Å². The maximum Gasteiger partial charge on any atom is 0.408 e. The Hall–Kier alpha value is -4.62. The van der Waals surface area contributed by atoms with Gasteiger partial charge in [0.25, 0.3) is 0 Å². The van der Waals surface area contributed by atoms with Crippen molar-refractivity contribution in [1.29, 1.82) is 0 Å². The van der Waals surface area contributed by atoms with Crippen LogP contribution in [0.2, 0.25) is 0 Å². The third-order valence-corrected chi connectivity index (χ3v) is 7.29. The highest BCUT2D eigenvalue weighted by atomic mass is 16.5. The summed E-state index contributed by atoms with van der Waals surface area (Å²) in [6.45, 7) is 4.15. The van der Waals surface area contributed by atoms with Crippen LogP contribution in [-0.2, 0) is 35.8 Å². The lowest BCUT2D eigenvalue weighted by Crippen LogP contribution is -2.40. The van der Waals surface area contributed by atoms with Crippen molar-refractivity contribution in [2.24, 2.45) is 0 Å². The van der Waals surface area contributed by atoms with Crippen LogP contribution in [0, 0.1) is 0 Å². The van der Waals surface area contributed by atoms with Crippen molar-refractivity contribution in [2.75, 3.05) is 13.1 Å².